The number of amides is 2. The lowest BCUT2D eigenvalue weighted by Gasteiger charge is -2.35. The zero-order chi connectivity index (χ0) is 23.8. The number of hydrogen-bond acceptors (Lipinski definition) is 4. The predicted molar refractivity (Wildman–Crippen MR) is 124 cm³/mol. The Hall–Kier alpha value is -4.04. The second-order valence-electron chi connectivity index (χ2n) is 7.68. The van der Waals surface area contributed by atoms with Crippen molar-refractivity contribution in [2.24, 2.45) is 0 Å². The number of carbonyl (C=O) groups is 1. The number of rotatable bonds is 4. The molecule has 0 spiro atoms. The van der Waals surface area contributed by atoms with Gasteiger partial charge < -0.3 is 9.84 Å². The number of nitrogens with one attached hydrogen (secondary N) is 1. The van der Waals surface area contributed by atoms with Gasteiger partial charge >= 0.3 is 6.03 Å². The van der Waals surface area contributed by atoms with Crippen molar-refractivity contribution in [1.82, 2.24) is 15.5 Å². The number of halogens is 3. The fraction of sp³-hybridized carbons (Fsp3) is 0.0800. The molecule has 1 aliphatic rings. The molecule has 170 valence electrons. The summed E-state index contributed by atoms with van der Waals surface area (Å²) in [7, 11) is 0. The number of hydrogen-bond donors (Lipinski definition) is 1. The minimum atomic E-state index is -0.703. The number of nitrogens with zero attached hydrogens (tertiary/aromatic N) is 3. The molecule has 0 radical (unpaired) electrons. The third-order valence-corrected chi connectivity index (χ3v) is 5.73. The maximum atomic E-state index is 13.9. The van der Waals surface area contributed by atoms with E-state index in [4.69, 9.17) is 16.1 Å². The first kappa shape index (κ1) is 21.8. The first-order valence-corrected chi connectivity index (χ1v) is 10.7. The van der Waals surface area contributed by atoms with Crippen LogP contribution in [0.4, 0.5) is 19.3 Å². The van der Waals surface area contributed by atoms with Gasteiger partial charge in [0.1, 0.15) is 11.6 Å². The van der Waals surface area contributed by atoms with Crippen LogP contribution in [-0.4, -0.2) is 16.2 Å². The van der Waals surface area contributed by atoms with E-state index in [0.29, 0.717) is 38.9 Å². The van der Waals surface area contributed by atoms with E-state index in [0.717, 1.165) is 0 Å². The average molecular weight is 479 g/mol. The Morgan fingerprint density at radius 2 is 1.76 bits per heavy atom. The number of benzene rings is 3. The lowest BCUT2D eigenvalue weighted by molar-refractivity contribution is 0.244. The largest absolute Gasteiger partial charge is 0.334 e. The summed E-state index contributed by atoms with van der Waals surface area (Å²) in [6.07, 6.45) is 0. The van der Waals surface area contributed by atoms with Crippen LogP contribution in [0, 0.1) is 11.6 Å². The Morgan fingerprint density at radius 3 is 2.50 bits per heavy atom. The Balaban J connectivity index is 1.66. The lowest BCUT2D eigenvalue weighted by Crippen LogP contribution is -2.46. The molecular formula is C25H17ClF2N4O2. The SMILES string of the molecule is CC1=C(c2nc(-c3cccc(Cl)c3)no2)C(c2ccc(F)cc2)NC(=O)N1c1cccc(F)c1. The fourth-order valence-electron chi connectivity index (χ4n) is 3.93. The third kappa shape index (κ3) is 4.04. The molecule has 3 aromatic carbocycles. The Kier molecular flexibility index (Phi) is 5.59. The molecule has 0 fully saturated rings. The maximum absolute atomic E-state index is 13.9. The number of allylic oxidation sites excluding steroid dienone is 1. The molecule has 4 aromatic rings. The van der Waals surface area contributed by atoms with Gasteiger partial charge in [0.25, 0.3) is 5.89 Å². The quantitative estimate of drug-likeness (QED) is 0.370. The predicted octanol–water partition coefficient (Wildman–Crippen LogP) is 6.37. The molecule has 0 saturated carbocycles. The van der Waals surface area contributed by atoms with Crippen molar-refractivity contribution in [3.05, 3.63) is 107 Å². The minimum absolute atomic E-state index is 0.156. The van der Waals surface area contributed by atoms with E-state index in [1.54, 1.807) is 49.4 Å². The zero-order valence-corrected chi connectivity index (χ0v) is 18.6. The fourth-order valence-corrected chi connectivity index (χ4v) is 4.12. The highest BCUT2D eigenvalue weighted by atomic mass is 35.5. The van der Waals surface area contributed by atoms with Gasteiger partial charge in [0.2, 0.25) is 5.82 Å². The van der Waals surface area contributed by atoms with Gasteiger partial charge in [-0.15, -0.1) is 0 Å². The van der Waals surface area contributed by atoms with Crippen LogP contribution in [-0.2, 0) is 0 Å². The molecule has 1 aliphatic heterocycles. The number of urea groups is 1. The zero-order valence-electron chi connectivity index (χ0n) is 17.8. The lowest BCUT2D eigenvalue weighted by atomic mass is 9.94. The van der Waals surface area contributed by atoms with E-state index in [1.807, 2.05) is 0 Å². The molecule has 5 rings (SSSR count). The summed E-state index contributed by atoms with van der Waals surface area (Å²) in [5.41, 5.74) is 2.56. The van der Waals surface area contributed by atoms with E-state index >= 15 is 0 Å². The van der Waals surface area contributed by atoms with Crippen LogP contribution in [0.25, 0.3) is 17.0 Å². The molecule has 34 heavy (non-hydrogen) atoms. The van der Waals surface area contributed by atoms with Crippen molar-refractivity contribution in [3.8, 4) is 11.4 Å². The van der Waals surface area contributed by atoms with Gasteiger partial charge in [-0.2, -0.15) is 4.98 Å². The Labute approximate surface area is 198 Å². The molecule has 9 heteroatoms. The highest BCUT2D eigenvalue weighted by Gasteiger charge is 2.36. The normalized spacial score (nSPS) is 16.1. The Bertz CT molecular complexity index is 1420. The standard InChI is InChI=1S/C25H17ClF2N4O2/c1-14-21(24-30-23(31-34-24)16-4-2-5-17(26)12-16)22(15-8-10-18(27)11-9-15)29-25(33)32(14)20-7-3-6-19(28)13-20/h2-13,22H,1H3,(H,29,33). The molecule has 0 bridgehead atoms. The third-order valence-electron chi connectivity index (χ3n) is 5.49. The first-order valence-electron chi connectivity index (χ1n) is 10.3. The number of carbonyl (C=O) groups excluding carboxylic acids is 1. The van der Waals surface area contributed by atoms with Crippen molar-refractivity contribution in [2.75, 3.05) is 4.90 Å². The second-order valence-corrected chi connectivity index (χ2v) is 8.12. The van der Waals surface area contributed by atoms with Gasteiger partial charge in [0.15, 0.2) is 0 Å². The monoisotopic (exact) mass is 478 g/mol. The minimum Gasteiger partial charge on any atom is -0.334 e. The highest BCUT2D eigenvalue weighted by molar-refractivity contribution is 6.30. The van der Waals surface area contributed by atoms with Crippen molar-refractivity contribution in [2.45, 2.75) is 13.0 Å². The average Bonchev–Trinajstić information content (AvgIpc) is 3.29. The maximum Gasteiger partial charge on any atom is 0.327 e. The molecule has 1 atom stereocenters. The topological polar surface area (TPSA) is 71.3 Å². The van der Waals surface area contributed by atoms with Gasteiger partial charge in [0, 0.05) is 16.3 Å². The van der Waals surface area contributed by atoms with E-state index < -0.39 is 23.7 Å². The van der Waals surface area contributed by atoms with Crippen molar-refractivity contribution in [1.29, 1.82) is 0 Å². The van der Waals surface area contributed by atoms with Crippen LogP contribution >= 0.6 is 11.6 Å². The molecule has 2 amide bonds. The van der Waals surface area contributed by atoms with Gasteiger partial charge in [-0.05, 0) is 55.0 Å². The van der Waals surface area contributed by atoms with Crippen LogP contribution in [0.15, 0.2) is 83.0 Å². The summed E-state index contributed by atoms with van der Waals surface area (Å²) >= 11 is 6.09. The summed E-state index contributed by atoms with van der Waals surface area (Å²) in [6, 6.07) is 17.2. The molecule has 1 aromatic heterocycles. The van der Waals surface area contributed by atoms with E-state index in [1.165, 1.54) is 35.2 Å². The molecule has 0 saturated heterocycles. The van der Waals surface area contributed by atoms with Crippen molar-refractivity contribution in [3.63, 3.8) is 0 Å². The van der Waals surface area contributed by atoms with E-state index in [9.17, 15) is 13.6 Å². The van der Waals surface area contributed by atoms with Crippen LogP contribution in [0.1, 0.15) is 24.4 Å². The van der Waals surface area contributed by atoms with E-state index in [2.05, 4.69) is 15.5 Å². The van der Waals surface area contributed by atoms with Gasteiger partial charge in [0.05, 0.1) is 17.3 Å². The first-order chi connectivity index (χ1) is 16.4. The van der Waals surface area contributed by atoms with Gasteiger partial charge in [-0.25, -0.2) is 13.6 Å². The van der Waals surface area contributed by atoms with Gasteiger partial charge in [-0.1, -0.05) is 47.1 Å². The number of anilines is 1. The molecule has 6 nitrogen and oxygen atoms in total. The van der Waals surface area contributed by atoms with Gasteiger partial charge in [-0.3, -0.25) is 4.90 Å². The van der Waals surface area contributed by atoms with Crippen LogP contribution in [0.2, 0.25) is 5.02 Å². The summed E-state index contributed by atoms with van der Waals surface area (Å²) in [5, 5.41) is 7.49. The summed E-state index contributed by atoms with van der Waals surface area (Å²) < 4.78 is 33.1. The molecular weight excluding hydrogens is 462 g/mol. The van der Waals surface area contributed by atoms with Crippen LogP contribution in [0.5, 0.6) is 0 Å². The van der Waals surface area contributed by atoms with Crippen molar-refractivity contribution >= 4 is 28.9 Å². The molecule has 1 N–H and O–H groups in total. The van der Waals surface area contributed by atoms with Crippen LogP contribution in [0.3, 0.4) is 0 Å². The highest BCUT2D eigenvalue weighted by Crippen LogP contribution is 2.39. The molecule has 2 heterocycles. The van der Waals surface area contributed by atoms with Crippen molar-refractivity contribution < 1.29 is 18.1 Å². The summed E-state index contributed by atoms with van der Waals surface area (Å²) in [6.45, 7) is 1.71. The summed E-state index contributed by atoms with van der Waals surface area (Å²) in [4.78, 5) is 19.0. The molecule has 1 unspecified atom stereocenters. The Morgan fingerprint density at radius 1 is 1.00 bits per heavy atom. The smallest absolute Gasteiger partial charge is 0.327 e. The second kappa shape index (κ2) is 8.72. The number of aromatic nitrogens is 2. The molecule has 0 aliphatic carbocycles. The van der Waals surface area contributed by atoms with Crippen LogP contribution < -0.4 is 10.2 Å². The summed E-state index contributed by atoms with van der Waals surface area (Å²) in [5.74, 6) is -0.426. The van der Waals surface area contributed by atoms with E-state index in [-0.39, 0.29) is 5.89 Å².